The van der Waals surface area contributed by atoms with Gasteiger partial charge in [0.2, 0.25) is 0 Å². The van der Waals surface area contributed by atoms with Gasteiger partial charge in [0.25, 0.3) is 0 Å². The van der Waals surface area contributed by atoms with Crippen molar-refractivity contribution in [3.63, 3.8) is 0 Å². The zero-order chi connectivity index (χ0) is 40.0. The number of hydrogen-bond acceptors (Lipinski definition) is 1. The summed E-state index contributed by atoms with van der Waals surface area (Å²) in [7, 11) is 0. The third-order valence-electron chi connectivity index (χ3n) is 14.1. The van der Waals surface area contributed by atoms with Gasteiger partial charge in [-0.05, 0) is 134 Å². The summed E-state index contributed by atoms with van der Waals surface area (Å²) in [5, 5.41) is 5.11. The Bertz CT molecular complexity index is 3480. The lowest BCUT2D eigenvalue weighted by Crippen LogP contribution is -2.60. The molecule has 1 aromatic heterocycles. The fourth-order valence-corrected chi connectivity index (χ4v) is 11.3. The summed E-state index contributed by atoms with van der Waals surface area (Å²) >= 11 is 0. The van der Waals surface area contributed by atoms with Crippen LogP contribution in [-0.4, -0.2) is 11.4 Å². The normalized spacial score (nSPS) is 14.1. The fourth-order valence-electron chi connectivity index (χ4n) is 11.3. The van der Waals surface area contributed by atoms with Gasteiger partial charge in [0.15, 0.2) is 0 Å². The van der Waals surface area contributed by atoms with Gasteiger partial charge in [-0.2, -0.15) is 0 Å². The summed E-state index contributed by atoms with van der Waals surface area (Å²) in [5.74, 6) is 0. The van der Waals surface area contributed by atoms with E-state index < -0.39 is 0 Å². The van der Waals surface area contributed by atoms with Crippen molar-refractivity contribution in [2.45, 2.75) is 33.1 Å². The first kappa shape index (κ1) is 33.8. The topological polar surface area (TPSA) is 8.17 Å². The van der Waals surface area contributed by atoms with Gasteiger partial charge in [-0.25, -0.2) is 0 Å². The van der Waals surface area contributed by atoms with Crippen molar-refractivity contribution in [3.8, 4) is 50.2 Å². The van der Waals surface area contributed by atoms with Crippen LogP contribution < -0.4 is 15.7 Å². The predicted molar refractivity (Wildman–Crippen MR) is 255 cm³/mol. The Morgan fingerprint density at radius 3 is 1.95 bits per heavy atom. The number of hydrogen-bond donors (Lipinski definition) is 0. The van der Waals surface area contributed by atoms with E-state index in [1.807, 2.05) is 0 Å². The predicted octanol–water partition coefficient (Wildman–Crippen LogP) is 13.4. The van der Waals surface area contributed by atoms with Crippen LogP contribution in [0.5, 0.6) is 0 Å². The Balaban J connectivity index is 1.26. The number of rotatable bonds is 3. The highest BCUT2D eigenvalue weighted by Gasteiger charge is 2.46. The third-order valence-corrected chi connectivity index (χ3v) is 14.1. The molecule has 0 atom stereocenters. The lowest BCUT2D eigenvalue weighted by atomic mass is 9.43. The Hall–Kier alpha value is -7.10. The van der Waals surface area contributed by atoms with Crippen molar-refractivity contribution in [1.82, 2.24) is 4.57 Å². The van der Waals surface area contributed by atoms with Gasteiger partial charge in [0, 0.05) is 38.8 Å². The Labute approximate surface area is 351 Å². The molecule has 2 nitrogen and oxygen atoms in total. The molecule has 0 unspecified atom stereocenters. The van der Waals surface area contributed by atoms with E-state index in [0.717, 1.165) is 0 Å². The van der Waals surface area contributed by atoms with Gasteiger partial charge in [-0.3, -0.25) is 0 Å². The van der Waals surface area contributed by atoms with Crippen LogP contribution in [0, 0.1) is 13.8 Å². The van der Waals surface area contributed by atoms with Crippen molar-refractivity contribution in [3.05, 3.63) is 198 Å². The lowest BCUT2D eigenvalue weighted by molar-refractivity contribution is 0.660. The average molecular weight is 765 g/mol. The molecule has 0 amide bonds. The Morgan fingerprint density at radius 1 is 0.467 bits per heavy atom. The summed E-state index contributed by atoms with van der Waals surface area (Å²) in [6.07, 6.45) is 0. The maximum absolute atomic E-state index is 2.68. The number of aromatic nitrogens is 1. The molecule has 0 fully saturated rings. The molecule has 3 heteroatoms. The average Bonchev–Trinajstić information content (AvgIpc) is 3.72. The van der Waals surface area contributed by atoms with Crippen molar-refractivity contribution >= 4 is 61.7 Å². The minimum absolute atomic E-state index is 0.0556. The van der Waals surface area contributed by atoms with Gasteiger partial charge in [0.1, 0.15) is 0 Å². The van der Waals surface area contributed by atoms with Gasteiger partial charge < -0.3 is 9.38 Å². The molecule has 13 rings (SSSR count). The molecule has 10 aromatic rings. The molecule has 282 valence electrons. The molecule has 0 saturated carbocycles. The monoisotopic (exact) mass is 764 g/mol. The Morgan fingerprint density at radius 2 is 1.15 bits per heavy atom. The van der Waals surface area contributed by atoms with Gasteiger partial charge in [0.05, 0.1) is 11.0 Å². The quantitative estimate of drug-likeness (QED) is 0.163. The molecule has 60 heavy (non-hydrogen) atoms. The van der Waals surface area contributed by atoms with Crippen LogP contribution in [0.25, 0.3) is 82.8 Å². The van der Waals surface area contributed by atoms with E-state index in [1.54, 1.807) is 0 Å². The highest BCUT2D eigenvalue weighted by Crippen LogP contribution is 2.55. The highest BCUT2D eigenvalue weighted by molar-refractivity contribution is 6.93. The molecule has 9 aromatic carbocycles. The molecule has 0 radical (unpaired) electrons. The maximum Gasteiger partial charge on any atom is 0.333 e. The van der Waals surface area contributed by atoms with Crippen LogP contribution in [0.1, 0.15) is 36.1 Å². The largest absolute Gasteiger partial charge is 0.376 e. The maximum atomic E-state index is 2.68. The molecule has 0 bridgehead atoms. The first-order valence-electron chi connectivity index (χ1n) is 21.3. The molecule has 1 aliphatic carbocycles. The number of anilines is 2. The molecule has 0 spiro atoms. The molecular formula is C57H41BN2. The van der Waals surface area contributed by atoms with E-state index in [9.17, 15) is 0 Å². The first-order chi connectivity index (χ1) is 29.3. The zero-order valence-corrected chi connectivity index (χ0v) is 34.2. The second-order valence-electron chi connectivity index (χ2n) is 17.8. The highest BCUT2D eigenvalue weighted by atomic mass is 15.1. The van der Waals surface area contributed by atoms with Crippen LogP contribution >= 0.6 is 0 Å². The number of benzene rings is 9. The second kappa shape index (κ2) is 12.0. The Kier molecular flexibility index (Phi) is 6.76. The third kappa shape index (κ3) is 4.44. The number of nitrogens with zero attached hydrogens (tertiary/aromatic N) is 2. The standard InChI is InChI=1S/C57H41BN2/c1-34-22-25-39(26-23-34)60-53-33-43-42-20-12-13-21-48(42)57(3,4)49(43)32-44(53)46-31-45(41-19-11-10-18-40(41)36-14-6-5-7-15-36)54-47-29-37-16-8-9-17-38(37)30-52(47)59-51-27-24-35(2)28-50(51)58(60)55(46)56(54)59/h5-33H,1-4H3. The van der Waals surface area contributed by atoms with E-state index in [1.165, 1.54) is 127 Å². The van der Waals surface area contributed by atoms with E-state index in [4.69, 9.17) is 0 Å². The van der Waals surface area contributed by atoms with E-state index in [-0.39, 0.29) is 12.3 Å². The minimum atomic E-state index is -0.144. The summed E-state index contributed by atoms with van der Waals surface area (Å²) in [4.78, 5) is 2.68. The fraction of sp³-hybridized carbons (Fsp3) is 0.0877. The minimum Gasteiger partial charge on any atom is -0.376 e. The van der Waals surface area contributed by atoms with Crippen LogP contribution in [0.2, 0.25) is 0 Å². The van der Waals surface area contributed by atoms with E-state index in [2.05, 4.69) is 213 Å². The summed E-state index contributed by atoms with van der Waals surface area (Å²) < 4.78 is 2.63. The molecule has 0 N–H and O–H groups in total. The molecular weight excluding hydrogens is 723 g/mol. The molecule has 3 aliphatic rings. The van der Waals surface area contributed by atoms with Crippen molar-refractivity contribution in [1.29, 1.82) is 0 Å². The smallest absolute Gasteiger partial charge is 0.333 e. The summed E-state index contributed by atoms with van der Waals surface area (Å²) in [6, 6.07) is 66.9. The van der Waals surface area contributed by atoms with Crippen LogP contribution in [0.4, 0.5) is 11.4 Å². The second-order valence-corrected chi connectivity index (χ2v) is 17.8. The molecule has 2 aliphatic heterocycles. The summed E-state index contributed by atoms with van der Waals surface area (Å²) in [5.41, 5.74) is 24.4. The first-order valence-corrected chi connectivity index (χ1v) is 21.3. The van der Waals surface area contributed by atoms with Crippen molar-refractivity contribution in [2.24, 2.45) is 0 Å². The zero-order valence-electron chi connectivity index (χ0n) is 34.2. The van der Waals surface area contributed by atoms with Crippen LogP contribution in [0.3, 0.4) is 0 Å². The molecule has 0 saturated heterocycles. The number of fused-ring (bicyclic) bond motifs is 12. The molecule has 3 heterocycles. The van der Waals surface area contributed by atoms with E-state index in [0.29, 0.717) is 0 Å². The van der Waals surface area contributed by atoms with Crippen LogP contribution in [0.15, 0.2) is 176 Å². The van der Waals surface area contributed by atoms with Gasteiger partial charge in [-0.15, -0.1) is 0 Å². The van der Waals surface area contributed by atoms with Gasteiger partial charge >= 0.3 is 6.85 Å². The summed E-state index contributed by atoms with van der Waals surface area (Å²) in [6.45, 7) is 9.19. The van der Waals surface area contributed by atoms with Crippen molar-refractivity contribution in [2.75, 3.05) is 4.81 Å². The SMILES string of the molecule is Cc1ccc(N2B3c4cc(C)ccc4-n4c5cc6ccccc6cc5c5c(-c6ccccc6-c6ccccc6)cc(c3c54)-c3cc4c(cc32)-c2ccccc2C4(C)C)cc1. The number of aryl methyl sites for hydroxylation is 2. The van der Waals surface area contributed by atoms with Gasteiger partial charge in [-0.1, -0.05) is 152 Å². The lowest BCUT2D eigenvalue weighted by Gasteiger charge is -2.43. The van der Waals surface area contributed by atoms with Crippen LogP contribution in [-0.2, 0) is 5.41 Å². The van der Waals surface area contributed by atoms with E-state index >= 15 is 0 Å². The van der Waals surface area contributed by atoms with Crippen molar-refractivity contribution < 1.29 is 0 Å².